The predicted molar refractivity (Wildman–Crippen MR) is 104 cm³/mol. The Hall–Kier alpha value is -1.65. The molecule has 0 saturated heterocycles. The molecule has 0 bridgehead atoms. The van der Waals surface area contributed by atoms with E-state index in [2.05, 4.69) is 6.92 Å². The van der Waals surface area contributed by atoms with Crippen LogP contribution >= 0.6 is 0 Å². The van der Waals surface area contributed by atoms with Crippen molar-refractivity contribution in [2.45, 2.75) is 57.4 Å². The molecule has 0 atom stereocenters. The van der Waals surface area contributed by atoms with Crippen LogP contribution in [0.25, 0.3) is 0 Å². The molecule has 0 fully saturated rings. The van der Waals surface area contributed by atoms with Gasteiger partial charge in [-0.2, -0.15) is 4.31 Å². The summed E-state index contributed by atoms with van der Waals surface area (Å²) >= 11 is 0. The molecule has 2 rings (SSSR count). The Bertz CT molecular complexity index is 724. The maximum atomic E-state index is 12.9. The molecule has 0 aliphatic heterocycles. The van der Waals surface area contributed by atoms with Gasteiger partial charge in [-0.1, -0.05) is 75.6 Å². The maximum Gasteiger partial charge on any atom is 0.243 e. The van der Waals surface area contributed by atoms with E-state index in [1.165, 1.54) is 29.1 Å². The lowest BCUT2D eigenvalue weighted by molar-refractivity contribution is 0.423. The molecule has 2 aromatic rings. The first-order valence-corrected chi connectivity index (χ1v) is 10.6. The van der Waals surface area contributed by atoms with Crippen LogP contribution in [0.15, 0.2) is 59.5 Å². The molecule has 0 aliphatic carbocycles. The highest BCUT2D eigenvalue weighted by molar-refractivity contribution is 7.89. The zero-order valence-corrected chi connectivity index (χ0v) is 16.1. The third-order valence-corrected chi connectivity index (χ3v) is 6.37. The maximum absolute atomic E-state index is 12.9. The summed E-state index contributed by atoms with van der Waals surface area (Å²) in [6.07, 6.45) is 5.90. The zero-order valence-electron chi connectivity index (χ0n) is 15.3. The molecule has 0 unspecified atom stereocenters. The summed E-state index contributed by atoms with van der Waals surface area (Å²) in [5.41, 5.74) is 2.21. The molecule has 0 N–H and O–H groups in total. The van der Waals surface area contributed by atoms with Crippen LogP contribution in [0, 0.1) is 0 Å². The minimum Gasteiger partial charge on any atom is -0.207 e. The van der Waals surface area contributed by atoms with Crippen molar-refractivity contribution in [1.29, 1.82) is 0 Å². The van der Waals surface area contributed by atoms with Gasteiger partial charge in [0.15, 0.2) is 0 Å². The molecule has 25 heavy (non-hydrogen) atoms. The van der Waals surface area contributed by atoms with Crippen LogP contribution in [0.2, 0.25) is 0 Å². The van der Waals surface area contributed by atoms with E-state index in [4.69, 9.17) is 0 Å². The molecule has 0 aromatic heterocycles. The van der Waals surface area contributed by atoms with Gasteiger partial charge in [-0.05, 0) is 36.1 Å². The number of rotatable bonds is 10. The minimum absolute atomic E-state index is 0.377. The van der Waals surface area contributed by atoms with Gasteiger partial charge in [0.05, 0.1) is 4.90 Å². The summed E-state index contributed by atoms with van der Waals surface area (Å²) in [7, 11) is -3.46. The Balaban J connectivity index is 2.06. The molecule has 0 heterocycles. The van der Waals surface area contributed by atoms with Crippen molar-refractivity contribution in [1.82, 2.24) is 4.31 Å². The number of aryl methyl sites for hydroxylation is 1. The highest BCUT2D eigenvalue weighted by Gasteiger charge is 2.23. The van der Waals surface area contributed by atoms with Gasteiger partial charge in [-0.25, -0.2) is 8.42 Å². The summed E-state index contributed by atoms with van der Waals surface area (Å²) < 4.78 is 27.3. The van der Waals surface area contributed by atoms with Crippen molar-refractivity contribution in [3.05, 3.63) is 65.7 Å². The first-order valence-electron chi connectivity index (χ1n) is 9.21. The standard InChI is InChI=1S/C21H29NO2S/c1-3-5-6-8-11-19-14-16-21(17-15-19)25(23,24)22(4-2)18-20-12-9-7-10-13-20/h7,9-10,12-17H,3-6,8,11,18H2,1-2H3. The fourth-order valence-corrected chi connectivity index (χ4v) is 4.32. The number of hydrogen-bond acceptors (Lipinski definition) is 2. The molecular formula is C21H29NO2S. The first-order chi connectivity index (χ1) is 12.1. The molecule has 0 radical (unpaired) electrons. The Morgan fingerprint density at radius 2 is 1.48 bits per heavy atom. The van der Waals surface area contributed by atoms with Gasteiger partial charge in [0.2, 0.25) is 10.0 Å². The number of nitrogens with zero attached hydrogens (tertiary/aromatic N) is 1. The third-order valence-electron chi connectivity index (χ3n) is 4.43. The third kappa shape index (κ3) is 5.68. The SMILES string of the molecule is CCCCCCc1ccc(S(=O)(=O)N(CC)Cc2ccccc2)cc1. The second-order valence-corrected chi connectivity index (χ2v) is 8.31. The second kappa shape index (κ2) is 9.73. The van der Waals surface area contributed by atoms with E-state index in [1.807, 2.05) is 49.4 Å². The van der Waals surface area contributed by atoms with E-state index in [9.17, 15) is 8.42 Å². The fourth-order valence-electron chi connectivity index (χ4n) is 2.89. The van der Waals surface area contributed by atoms with E-state index >= 15 is 0 Å². The van der Waals surface area contributed by atoms with Crippen LogP contribution in [0.1, 0.15) is 50.7 Å². The van der Waals surface area contributed by atoms with Crippen LogP contribution in [-0.4, -0.2) is 19.3 Å². The quantitative estimate of drug-likeness (QED) is 0.559. The van der Waals surface area contributed by atoms with Crippen LogP contribution in [-0.2, 0) is 23.0 Å². The molecule has 0 aliphatic rings. The summed E-state index contributed by atoms with van der Waals surface area (Å²) in [5, 5.41) is 0. The monoisotopic (exact) mass is 359 g/mol. The number of sulfonamides is 1. The van der Waals surface area contributed by atoms with Crippen molar-refractivity contribution >= 4 is 10.0 Å². The lowest BCUT2D eigenvalue weighted by Gasteiger charge is -2.20. The Kier molecular flexibility index (Phi) is 7.66. The lowest BCUT2D eigenvalue weighted by Crippen LogP contribution is -2.30. The molecule has 0 spiro atoms. The van der Waals surface area contributed by atoms with Gasteiger partial charge >= 0.3 is 0 Å². The van der Waals surface area contributed by atoms with E-state index in [0.29, 0.717) is 18.0 Å². The lowest BCUT2D eigenvalue weighted by atomic mass is 10.1. The summed E-state index contributed by atoms with van der Waals surface area (Å²) in [6, 6.07) is 17.1. The topological polar surface area (TPSA) is 37.4 Å². The summed E-state index contributed by atoms with van der Waals surface area (Å²) in [5.74, 6) is 0. The van der Waals surface area contributed by atoms with Gasteiger partial charge < -0.3 is 0 Å². The second-order valence-electron chi connectivity index (χ2n) is 6.37. The van der Waals surface area contributed by atoms with Crippen molar-refractivity contribution in [3.8, 4) is 0 Å². The van der Waals surface area contributed by atoms with Gasteiger partial charge in [0.1, 0.15) is 0 Å². The first kappa shape index (κ1) is 19.7. The number of hydrogen-bond donors (Lipinski definition) is 0. The molecule has 4 heteroatoms. The van der Waals surface area contributed by atoms with E-state index in [0.717, 1.165) is 18.4 Å². The van der Waals surface area contributed by atoms with E-state index < -0.39 is 10.0 Å². The van der Waals surface area contributed by atoms with E-state index in [1.54, 1.807) is 12.1 Å². The summed E-state index contributed by atoms with van der Waals surface area (Å²) in [4.78, 5) is 0.377. The Morgan fingerprint density at radius 3 is 2.08 bits per heavy atom. The van der Waals surface area contributed by atoms with Crippen LogP contribution in [0.5, 0.6) is 0 Å². The van der Waals surface area contributed by atoms with Gasteiger partial charge in [0, 0.05) is 13.1 Å². The average Bonchev–Trinajstić information content (AvgIpc) is 2.64. The van der Waals surface area contributed by atoms with Crippen molar-refractivity contribution in [2.24, 2.45) is 0 Å². The Labute approximate surface area is 152 Å². The zero-order chi connectivity index (χ0) is 18.1. The highest BCUT2D eigenvalue weighted by atomic mass is 32.2. The molecule has 136 valence electrons. The van der Waals surface area contributed by atoms with Crippen molar-refractivity contribution < 1.29 is 8.42 Å². The minimum atomic E-state index is -3.46. The molecular weight excluding hydrogens is 330 g/mol. The molecule has 0 amide bonds. The normalized spacial score (nSPS) is 11.8. The van der Waals surface area contributed by atoms with Crippen LogP contribution in [0.4, 0.5) is 0 Å². The van der Waals surface area contributed by atoms with Crippen LogP contribution in [0.3, 0.4) is 0 Å². The van der Waals surface area contributed by atoms with Crippen molar-refractivity contribution in [2.75, 3.05) is 6.54 Å². The van der Waals surface area contributed by atoms with Gasteiger partial charge in [0.25, 0.3) is 0 Å². The highest BCUT2D eigenvalue weighted by Crippen LogP contribution is 2.19. The molecule has 0 saturated carbocycles. The van der Waals surface area contributed by atoms with E-state index in [-0.39, 0.29) is 0 Å². The predicted octanol–water partition coefficient (Wildman–Crippen LogP) is 5.02. The molecule has 3 nitrogen and oxygen atoms in total. The smallest absolute Gasteiger partial charge is 0.207 e. The Morgan fingerprint density at radius 1 is 0.800 bits per heavy atom. The largest absolute Gasteiger partial charge is 0.243 e. The van der Waals surface area contributed by atoms with Crippen molar-refractivity contribution in [3.63, 3.8) is 0 Å². The van der Waals surface area contributed by atoms with Gasteiger partial charge in [-0.3, -0.25) is 0 Å². The fraction of sp³-hybridized carbons (Fsp3) is 0.429. The van der Waals surface area contributed by atoms with Gasteiger partial charge in [-0.15, -0.1) is 0 Å². The number of unbranched alkanes of at least 4 members (excludes halogenated alkanes) is 3. The molecule has 2 aromatic carbocycles. The summed E-state index contributed by atoms with van der Waals surface area (Å²) in [6.45, 7) is 4.94. The van der Waals surface area contributed by atoms with Crippen LogP contribution < -0.4 is 0 Å². The average molecular weight is 360 g/mol. The number of benzene rings is 2.